The molecule has 3 aromatic rings. The van der Waals surface area contributed by atoms with Gasteiger partial charge in [0.1, 0.15) is 0 Å². The normalized spacial score (nSPS) is 15.1. The molecule has 0 saturated carbocycles. The maximum Gasteiger partial charge on any atom is 0.449 e. The van der Waals surface area contributed by atoms with Gasteiger partial charge in [-0.15, -0.1) is 0 Å². The zero-order valence-corrected chi connectivity index (χ0v) is 17.8. The zero-order chi connectivity index (χ0) is 23.2. The standard InChI is InChI=1S/C21H22F3N5O3/c1-12(2)29-16-5-4-14(11-15(16)25-20(29)21(22,23)24)18(30)27-6-8-28(9-7-27)19(31)17-10-13(3)26-32-17/h4-5,10-12H,6-9H2,1-3H3. The number of piperazine rings is 1. The number of carbonyl (C=O) groups excluding carboxylic acids is 2. The van der Waals surface area contributed by atoms with Crippen LogP contribution in [-0.2, 0) is 6.18 Å². The predicted molar refractivity (Wildman–Crippen MR) is 108 cm³/mol. The Morgan fingerprint density at radius 1 is 1.03 bits per heavy atom. The van der Waals surface area contributed by atoms with Crippen LogP contribution in [0.3, 0.4) is 0 Å². The van der Waals surface area contributed by atoms with Gasteiger partial charge in [0.25, 0.3) is 11.8 Å². The molecule has 0 N–H and O–H groups in total. The van der Waals surface area contributed by atoms with Crippen LogP contribution in [0.25, 0.3) is 11.0 Å². The molecular weight excluding hydrogens is 427 g/mol. The minimum absolute atomic E-state index is 0.117. The number of imidazole rings is 1. The van der Waals surface area contributed by atoms with Gasteiger partial charge in [0.2, 0.25) is 11.6 Å². The number of halogens is 3. The van der Waals surface area contributed by atoms with E-state index in [1.165, 1.54) is 18.2 Å². The predicted octanol–water partition coefficient (Wildman–Crippen LogP) is 3.53. The van der Waals surface area contributed by atoms with Crippen LogP contribution < -0.4 is 0 Å². The average Bonchev–Trinajstić information content (AvgIpc) is 3.36. The van der Waals surface area contributed by atoms with Crippen molar-refractivity contribution in [2.75, 3.05) is 26.2 Å². The maximum atomic E-state index is 13.4. The third kappa shape index (κ3) is 3.94. The summed E-state index contributed by atoms with van der Waals surface area (Å²) in [6.07, 6.45) is -4.60. The Kier molecular flexibility index (Phi) is 5.43. The second-order valence-corrected chi connectivity index (χ2v) is 8.02. The number of aryl methyl sites for hydroxylation is 1. The lowest BCUT2D eigenvalue weighted by molar-refractivity contribution is -0.147. The molecule has 2 amide bonds. The van der Waals surface area contributed by atoms with Crippen LogP contribution in [0, 0.1) is 6.92 Å². The van der Waals surface area contributed by atoms with Gasteiger partial charge >= 0.3 is 6.18 Å². The highest BCUT2D eigenvalue weighted by Gasteiger charge is 2.38. The average molecular weight is 449 g/mol. The SMILES string of the molecule is Cc1cc(C(=O)N2CCN(C(=O)c3ccc4c(c3)nc(C(F)(F)F)n4C(C)C)CC2)on1. The number of hydrogen-bond acceptors (Lipinski definition) is 5. The van der Waals surface area contributed by atoms with Crippen molar-refractivity contribution in [1.82, 2.24) is 24.5 Å². The summed E-state index contributed by atoms with van der Waals surface area (Å²) in [6, 6.07) is 5.51. The van der Waals surface area contributed by atoms with Crippen molar-refractivity contribution in [2.24, 2.45) is 0 Å². The quantitative estimate of drug-likeness (QED) is 0.611. The van der Waals surface area contributed by atoms with E-state index in [9.17, 15) is 22.8 Å². The monoisotopic (exact) mass is 449 g/mol. The van der Waals surface area contributed by atoms with Gasteiger partial charge in [-0.05, 0) is 39.0 Å². The van der Waals surface area contributed by atoms with Gasteiger partial charge in [-0.3, -0.25) is 9.59 Å². The van der Waals surface area contributed by atoms with E-state index in [0.29, 0.717) is 37.4 Å². The van der Waals surface area contributed by atoms with Crippen LogP contribution in [0.4, 0.5) is 13.2 Å². The first-order valence-corrected chi connectivity index (χ1v) is 10.2. The van der Waals surface area contributed by atoms with E-state index in [1.54, 1.807) is 36.6 Å². The largest absolute Gasteiger partial charge is 0.449 e. The van der Waals surface area contributed by atoms with Crippen LogP contribution >= 0.6 is 0 Å². The molecule has 0 spiro atoms. The number of benzene rings is 1. The van der Waals surface area contributed by atoms with Crippen molar-refractivity contribution in [3.63, 3.8) is 0 Å². The number of rotatable bonds is 3. The second kappa shape index (κ2) is 7.95. The van der Waals surface area contributed by atoms with Gasteiger partial charge in [0, 0.05) is 43.9 Å². The molecule has 1 saturated heterocycles. The molecule has 0 bridgehead atoms. The zero-order valence-electron chi connectivity index (χ0n) is 17.8. The van der Waals surface area contributed by atoms with Crippen LogP contribution in [-0.4, -0.2) is 62.5 Å². The van der Waals surface area contributed by atoms with Crippen LogP contribution in [0.5, 0.6) is 0 Å². The third-order valence-electron chi connectivity index (χ3n) is 5.40. The number of aromatic nitrogens is 3. The lowest BCUT2D eigenvalue weighted by Crippen LogP contribution is -2.50. The maximum absolute atomic E-state index is 13.4. The van der Waals surface area contributed by atoms with Gasteiger partial charge in [-0.1, -0.05) is 5.16 Å². The first-order chi connectivity index (χ1) is 15.1. The van der Waals surface area contributed by atoms with E-state index in [0.717, 1.165) is 4.57 Å². The van der Waals surface area contributed by atoms with Crippen molar-refractivity contribution in [2.45, 2.75) is 33.0 Å². The lowest BCUT2D eigenvalue weighted by Gasteiger charge is -2.34. The molecule has 11 heteroatoms. The number of hydrogen-bond donors (Lipinski definition) is 0. The molecule has 3 heterocycles. The Morgan fingerprint density at radius 2 is 1.66 bits per heavy atom. The summed E-state index contributed by atoms with van der Waals surface area (Å²) < 4.78 is 46.4. The molecule has 0 atom stereocenters. The van der Waals surface area contributed by atoms with E-state index >= 15 is 0 Å². The van der Waals surface area contributed by atoms with Crippen molar-refractivity contribution >= 4 is 22.8 Å². The second-order valence-electron chi connectivity index (χ2n) is 8.02. The highest BCUT2D eigenvalue weighted by molar-refractivity contribution is 5.98. The number of fused-ring (bicyclic) bond motifs is 1. The van der Waals surface area contributed by atoms with Crippen molar-refractivity contribution in [3.05, 3.63) is 47.1 Å². The van der Waals surface area contributed by atoms with Crippen LogP contribution in [0.1, 0.15) is 52.3 Å². The summed E-state index contributed by atoms with van der Waals surface area (Å²) >= 11 is 0. The number of alkyl halides is 3. The van der Waals surface area contributed by atoms with Gasteiger partial charge in [0.15, 0.2) is 0 Å². The van der Waals surface area contributed by atoms with Crippen LogP contribution in [0.2, 0.25) is 0 Å². The Labute approximate surface area is 181 Å². The molecule has 32 heavy (non-hydrogen) atoms. The summed E-state index contributed by atoms with van der Waals surface area (Å²) in [6.45, 7) is 6.23. The molecule has 1 fully saturated rings. The van der Waals surface area contributed by atoms with Crippen molar-refractivity contribution in [1.29, 1.82) is 0 Å². The van der Waals surface area contributed by atoms with Gasteiger partial charge < -0.3 is 18.9 Å². The van der Waals surface area contributed by atoms with Crippen molar-refractivity contribution < 1.29 is 27.3 Å². The summed E-state index contributed by atoms with van der Waals surface area (Å²) in [7, 11) is 0. The van der Waals surface area contributed by atoms with E-state index in [1.807, 2.05) is 0 Å². The van der Waals surface area contributed by atoms with E-state index in [-0.39, 0.29) is 28.7 Å². The Bertz CT molecular complexity index is 1170. The van der Waals surface area contributed by atoms with E-state index < -0.39 is 18.0 Å². The fourth-order valence-corrected chi connectivity index (χ4v) is 3.87. The molecule has 1 aliphatic rings. The number of carbonyl (C=O) groups is 2. The minimum atomic E-state index is -4.60. The smallest absolute Gasteiger partial charge is 0.351 e. The minimum Gasteiger partial charge on any atom is -0.351 e. The molecule has 4 rings (SSSR count). The first-order valence-electron chi connectivity index (χ1n) is 10.2. The Balaban J connectivity index is 1.51. The molecule has 0 unspecified atom stereocenters. The lowest BCUT2D eigenvalue weighted by atomic mass is 10.1. The van der Waals surface area contributed by atoms with Gasteiger partial charge in [-0.25, -0.2) is 4.98 Å². The summed E-state index contributed by atoms with van der Waals surface area (Å²) in [4.78, 5) is 32.3. The highest BCUT2D eigenvalue weighted by Crippen LogP contribution is 2.34. The van der Waals surface area contributed by atoms with Crippen LogP contribution in [0.15, 0.2) is 28.8 Å². The molecule has 170 valence electrons. The molecule has 8 nitrogen and oxygen atoms in total. The highest BCUT2D eigenvalue weighted by atomic mass is 19.4. The topological polar surface area (TPSA) is 84.5 Å². The Morgan fingerprint density at radius 3 is 2.19 bits per heavy atom. The molecule has 1 aromatic carbocycles. The molecule has 0 radical (unpaired) electrons. The first kappa shape index (κ1) is 21.8. The van der Waals surface area contributed by atoms with E-state index in [4.69, 9.17) is 4.52 Å². The van der Waals surface area contributed by atoms with Gasteiger partial charge in [-0.2, -0.15) is 13.2 Å². The molecule has 1 aliphatic heterocycles. The number of nitrogens with zero attached hydrogens (tertiary/aromatic N) is 5. The third-order valence-corrected chi connectivity index (χ3v) is 5.40. The molecular formula is C21H22F3N5O3. The summed E-state index contributed by atoms with van der Waals surface area (Å²) in [5.74, 6) is -1.45. The summed E-state index contributed by atoms with van der Waals surface area (Å²) in [5.41, 5.74) is 1.30. The van der Waals surface area contributed by atoms with Gasteiger partial charge in [0.05, 0.1) is 16.7 Å². The van der Waals surface area contributed by atoms with E-state index in [2.05, 4.69) is 10.1 Å². The van der Waals surface area contributed by atoms with Crippen molar-refractivity contribution in [3.8, 4) is 0 Å². The fraction of sp³-hybridized carbons (Fsp3) is 0.429. The summed E-state index contributed by atoms with van der Waals surface area (Å²) in [5, 5.41) is 3.71. The Hall–Kier alpha value is -3.37. The molecule has 2 aromatic heterocycles. The molecule has 0 aliphatic carbocycles. The fourth-order valence-electron chi connectivity index (χ4n) is 3.87. The number of amides is 2.